The van der Waals surface area contributed by atoms with Crippen LogP contribution in [-0.2, 0) is 11.3 Å². The van der Waals surface area contributed by atoms with Gasteiger partial charge in [-0.05, 0) is 13.3 Å². The summed E-state index contributed by atoms with van der Waals surface area (Å²) in [6, 6.07) is 0. The molecular formula is C14H24F2IN5O. The molecule has 1 aliphatic rings. The molecule has 2 rings (SSSR count). The number of ether oxygens (including phenoxy) is 1. The fraction of sp³-hybridized carbons (Fsp3) is 0.714. The largest absolute Gasteiger partial charge is 0.381 e. The lowest BCUT2D eigenvalue weighted by atomic mass is 10.1. The number of rotatable bonds is 6. The van der Waals surface area contributed by atoms with Crippen LogP contribution in [0.4, 0.5) is 8.78 Å². The van der Waals surface area contributed by atoms with Crippen molar-refractivity contribution in [3.8, 4) is 0 Å². The van der Waals surface area contributed by atoms with Gasteiger partial charge in [-0.15, -0.1) is 24.0 Å². The molecule has 1 aromatic rings. The quantitative estimate of drug-likeness (QED) is 0.417. The molecule has 23 heavy (non-hydrogen) atoms. The van der Waals surface area contributed by atoms with Gasteiger partial charge in [-0.2, -0.15) is 8.78 Å². The van der Waals surface area contributed by atoms with E-state index in [0.717, 1.165) is 30.7 Å². The van der Waals surface area contributed by atoms with Gasteiger partial charge in [0, 0.05) is 45.1 Å². The van der Waals surface area contributed by atoms with Crippen LogP contribution in [0.2, 0.25) is 0 Å². The summed E-state index contributed by atoms with van der Waals surface area (Å²) in [5.41, 5.74) is 0. The number of guanidine groups is 1. The normalized spacial score (nSPS) is 18.1. The third-order valence-corrected chi connectivity index (χ3v) is 3.58. The van der Waals surface area contributed by atoms with Gasteiger partial charge in [0.15, 0.2) is 5.96 Å². The summed E-state index contributed by atoms with van der Waals surface area (Å²) in [7, 11) is 1.94. The zero-order valence-electron chi connectivity index (χ0n) is 13.4. The first kappa shape index (κ1) is 20.1. The SMILES string of the molecule is CCNC(=NCc1nccn1C(F)F)N(C)CC1CCOC1.I. The van der Waals surface area contributed by atoms with Crippen molar-refractivity contribution < 1.29 is 13.5 Å². The predicted octanol–water partition coefficient (Wildman–Crippen LogP) is 2.33. The van der Waals surface area contributed by atoms with Gasteiger partial charge in [-0.3, -0.25) is 4.57 Å². The fourth-order valence-electron chi connectivity index (χ4n) is 2.46. The maximum absolute atomic E-state index is 12.8. The van der Waals surface area contributed by atoms with Crippen LogP contribution in [0.5, 0.6) is 0 Å². The molecule has 0 spiro atoms. The van der Waals surface area contributed by atoms with E-state index in [0.29, 0.717) is 18.4 Å². The van der Waals surface area contributed by atoms with Crippen molar-refractivity contribution in [3.05, 3.63) is 18.2 Å². The molecule has 2 heterocycles. The first-order valence-electron chi connectivity index (χ1n) is 7.48. The van der Waals surface area contributed by atoms with Crippen LogP contribution in [-0.4, -0.2) is 53.8 Å². The van der Waals surface area contributed by atoms with E-state index in [1.165, 1.54) is 12.4 Å². The Hall–Kier alpha value is -0.970. The number of alkyl halides is 2. The third-order valence-electron chi connectivity index (χ3n) is 3.58. The number of nitrogens with zero attached hydrogens (tertiary/aromatic N) is 4. The number of aliphatic imine (C=N–C) groups is 1. The summed E-state index contributed by atoms with van der Waals surface area (Å²) in [5, 5.41) is 3.18. The Labute approximate surface area is 152 Å². The minimum absolute atomic E-state index is 0. The predicted molar refractivity (Wildman–Crippen MR) is 95.3 cm³/mol. The number of nitrogens with one attached hydrogen (secondary N) is 1. The second-order valence-corrected chi connectivity index (χ2v) is 5.31. The molecule has 0 aromatic carbocycles. The average Bonchev–Trinajstić information content (AvgIpc) is 3.14. The maximum atomic E-state index is 12.8. The molecule has 1 unspecified atom stereocenters. The van der Waals surface area contributed by atoms with E-state index < -0.39 is 6.55 Å². The van der Waals surface area contributed by atoms with E-state index in [4.69, 9.17) is 4.74 Å². The summed E-state index contributed by atoms with van der Waals surface area (Å²) >= 11 is 0. The summed E-state index contributed by atoms with van der Waals surface area (Å²) in [4.78, 5) is 10.4. The molecule has 1 aliphatic heterocycles. The van der Waals surface area contributed by atoms with E-state index in [1.807, 2.05) is 18.9 Å². The van der Waals surface area contributed by atoms with Crippen molar-refractivity contribution in [2.45, 2.75) is 26.4 Å². The fourth-order valence-corrected chi connectivity index (χ4v) is 2.46. The van der Waals surface area contributed by atoms with Crippen molar-refractivity contribution in [1.82, 2.24) is 19.8 Å². The van der Waals surface area contributed by atoms with Crippen LogP contribution >= 0.6 is 24.0 Å². The monoisotopic (exact) mass is 443 g/mol. The Morgan fingerprint density at radius 2 is 2.39 bits per heavy atom. The topological polar surface area (TPSA) is 54.7 Å². The molecule has 0 amide bonds. The first-order valence-corrected chi connectivity index (χ1v) is 7.48. The third kappa shape index (κ3) is 5.87. The van der Waals surface area contributed by atoms with Gasteiger partial charge in [0.2, 0.25) is 0 Å². The average molecular weight is 443 g/mol. The summed E-state index contributed by atoms with van der Waals surface area (Å²) in [6.45, 7) is 2.61. The van der Waals surface area contributed by atoms with E-state index in [9.17, 15) is 8.78 Å². The minimum atomic E-state index is -2.59. The second kappa shape index (κ2) is 10.0. The molecule has 0 radical (unpaired) electrons. The lowest BCUT2D eigenvalue weighted by Gasteiger charge is -2.24. The minimum Gasteiger partial charge on any atom is -0.381 e. The van der Waals surface area contributed by atoms with Crippen LogP contribution in [0, 0.1) is 5.92 Å². The molecular weight excluding hydrogens is 419 g/mol. The maximum Gasteiger partial charge on any atom is 0.319 e. The van der Waals surface area contributed by atoms with Crippen molar-refractivity contribution in [2.75, 3.05) is 33.4 Å². The highest BCUT2D eigenvalue weighted by atomic mass is 127. The molecule has 1 N–H and O–H groups in total. The number of aromatic nitrogens is 2. The summed E-state index contributed by atoms with van der Waals surface area (Å²) in [6.07, 6.45) is 3.67. The highest BCUT2D eigenvalue weighted by molar-refractivity contribution is 14.0. The molecule has 0 aliphatic carbocycles. The number of halogens is 3. The van der Waals surface area contributed by atoms with Crippen molar-refractivity contribution >= 4 is 29.9 Å². The van der Waals surface area contributed by atoms with Gasteiger partial charge < -0.3 is 15.0 Å². The van der Waals surface area contributed by atoms with Crippen LogP contribution in [0.25, 0.3) is 0 Å². The molecule has 132 valence electrons. The van der Waals surface area contributed by atoms with Crippen molar-refractivity contribution in [1.29, 1.82) is 0 Å². The highest BCUT2D eigenvalue weighted by Gasteiger charge is 2.19. The van der Waals surface area contributed by atoms with Crippen molar-refractivity contribution in [2.24, 2.45) is 10.9 Å². The molecule has 1 atom stereocenters. The molecule has 0 saturated carbocycles. The Balaban J connectivity index is 0.00000264. The first-order chi connectivity index (χ1) is 10.6. The molecule has 1 fully saturated rings. The smallest absolute Gasteiger partial charge is 0.319 e. The molecule has 1 saturated heterocycles. The highest BCUT2D eigenvalue weighted by Crippen LogP contribution is 2.14. The summed E-state index contributed by atoms with van der Waals surface area (Å²) < 4.78 is 31.8. The van der Waals surface area contributed by atoms with Gasteiger partial charge in [0.05, 0.1) is 6.61 Å². The summed E-state index contributed by atoms with van der Waals surface area (Å²) in [5.74, 6) is 1.43. The zero-order valence-corrected chi connectivity index (χ0v) is 15.7. The Morgan fingerprint density at radius 3 is 3.00 bits per heavy atom. The lowest BCUT2D eigenvalue weighted by Crippen LogP contribution is -2.41. The van der Waals surface area contributed by atoms with Crippen LogP contribution in [0.1, 0.15) is 25.7 Å². The number of hydrogen-bond donors (Lipinski definition) is 1. The van der Waals surface area contributed by atoms with Crippen LogP contribution < -0.4 is 5.32 Å². The van der Waals surface area contributed by atoms with Crippen molar-refractivity contribution in [3.63, 3.8) is 0 Å². The van der Waals surface area contributed by atoms with Gasteiger partial charge in [0.1, 0.15) is 12.4 Å². The Kier molecular flexibility index (Phi) is 8.74. The van der Waals surface area contributed by atoms with E-state index in [1.54, 1.807) is 0 Å². The van der Waals surface area contributed by atoms with Gasteiger partial charge in [-0.1, -0.05) is 0 Å². The van der Waals surface area contributed by atoms with E-state index >= 15 is 0 Å². The number of imidazole rings is 1. The Bertz CT molecular complexity index is 491. The molecule has 9 heteroatoms. The Morgan fingerprint density at radius 1 is 1.61 bits per heavy atom. The number of hydrogen-bond acceptors (Lipinski definition) is 3. The van der Waals surface area contributed by atoms with Gasteiger partial charge in [-0.25, -0.2) is 9.98 Å². The molecule has 0 bridgehead atoms. The lowest BCUT2D eigenvalue weighted by molar-refractivity contribution is 0.0671. The zero-order chi connectivity index (χ0) is 15.9. The van der Waals surface area contributed by atoms with Crippen LogP contribution in [0.3, 0.4) is 0 Å². The second-order valence-electron chi connectivity index (χ2n) is 5.31. The molecule has 6 nitrogen and oxygen atoms in total. The van der Waals surface area contributed by atoms with Crippen LogP contribution in [0.15, 0.2) is 17.4 Å². The standard InChI is InChI=1S/C14H23F2N5O.HI/c1-3-17-14(20(2)9-11-4-7-22-10-11)19-8-12-18-5-6-21(12)13(15)16;/h5-6,11,13H,3-4,7-10H2,1-2H3,(H,17,19);1H. The van der Waals surface area contributed by atoms with E-state index in [-0.39, 0.29) is 36.3 Å². The van der Waals surface area contributed by atoms with Gasteiger partial charge in [0.25, 0.3) is 0 Å². The van der Waals surface area contributed by atoms with E-state index in [2.05, 4.69) is 15.3 Å². The molecule has 1 aromatic heterocycles. The van der Waals surface area contributed by atoms with Gasteiger partial charge >= 0.3 is 6.55 Å².